The van der Waals surface area contributed by atoms with Gasteiger partial charge in [-0.1, -0.05) is 30.3 Å². The number of carbonyl (C=O) groups is 2. The van der Waals surface area contributed by atoms with Crippen molar-refractivity contribution < 1.29 is 23.1 Å². The van der Waals surface area contributed by atoms with Gasteiger partial charge in [0.2, 0.25) is 0 Å². The molecule has 2 aliphatic heterocycles. The van der Waals surface area contributed by atoms with E-state index < -0.39 is 16.5 Å². The van der Waals surface area contributed by atoms with Crippen LogP contribution in [0, 0.1) is 11.6 Å². The van der Waals surface area contributed by atoms with Crippen LogP contribution in [0.3, 0.4) is 0 Å². The highest BCUT2D eigenvalue weighted by Crippen LogP contribution is 2.54. The first-order chi connectivity index (χ1) is 16.0. The zero-order valence-corrected chi connectivity index (χ0v) is 18.6. The van der Waals surface area contributed by atoms with E-state index in [1.807, 2.05) is 0 Å². The molecule has 0 aliphatic carbocycles. The molecule has 1 atom stereocenters. The van der Waals surface area contributed by atoms with Gasteiger partial charge in [0.25, 0.3) is 11.8 Å². The molecule has 2 aliphatic rings. The number of rotatable bonds is 4. The lowest BCUT2D eigenvalue weighted by atomic mass is 10.0. The van der Waals surface area contributed by atoms with Gasteiger partial charge in [0.1, 0.15) is 17.4 Å². The fraction of sp³-hybridized carbons (Fsp3) is 0.200. The van der Waals surface area contributed by atoms with Crippen molar-refractivity contribution in [3.8, 4) is 5.75 Å². The third kappa shape index (κ3) is 3.28. The van der Waals surface area contributed by atoms with Gasteiger partial charge in [-0.05, 0) is 36.4 Å². The van der Waals surface area contributed by atoms with E-state index in [4.69, 9.17) is 4.74 Å². The minimum Gasteiger partial charge on any atom is -0.497 e. The predicted octanol–water partition coefficient (Wildman–Crippen LogP) is 4.56. The summed E-state index contributed by atoms with van der Waals surface area (Å²) in [7, 11) is 1.52. The highest BCUT2D eigenvalue weighted by molar-refractivity contribution is 8.01. The molecular weight excluding hydrogens is 446 g/mol. The quantitative estimate of drug-likeness (QED) is 0.566. The number of amides is 2. The number of para-hydroxylation sites is 1. The van der Waals surface area contributed by atoms with Gasteiger partial charge in [-0.3, -0.25) is 9.59 Å². The second-order valence-corrected chi connectivity index (χ2v) is 9.08. The number of fused-ring (bicyclic) bond motifs is 2. The zero-order chi connectivity index (χ0) is 23.2. The van der Waals surface area contributed by atoms with Crippen molar-refractivity contribution in [2.24, 2.45) is 0 Å². The van der Waals surface area contributed by atoms with Gasteiger partial charge in [0.15, 0.2) is 4.87 Å². The Hall–Kier alpha value is -3.39. The van der Waals surface area contributed by atoms with Crippen LogP contribution in [0.25, 0.3) is 0 Å². The lowest BCUT2D eigenvalue weighted by Gasteiger charge is -2.33. The molecule has 8 heteroatoms. The summed E-state index contributed by atoms with van der Waals surface area (Å²) in [5.41, 5.74) is 1.40. The smallest absolute Gasteiger partial charge is 0.268 e. The summed E-state index contributed by atoms with van der Waals surface area (Å²) >= 11 is 1.36. The van der Waals surface area contributed by atoms with Crippen molar-refractivity contribution in [3.63, 3.8) is 0 Å². The number of thioether (sulfide) groups is 1. The number of nitrogens with zero attached hydrogens (tertiary/aromatic N) is 2. The van der Waals surface area contributed by atoms with Crippen molar-refractivity contribution in [1.29, 1.82) is 0 Å². The molecule has 0 radical (unpaired) electrons. The Morgan fingerprint density at radius 1 is 1.06 bits per heavy atom. The Kier molecular flexibility index (Phi) is 5.32. The highest BCUT2D eigenvalue weighted by Gasteiger charge is 2.59. The molecular formula is C25H20F2N2O3S. The summed E-state index contributed by atoms with van der Waals surface area (Å²) < 4.78 is 34.1. The number of hydrogen-bond acceptors (Lipinski definition) is 4. The first-order valence-corrected chi connectivity index (χ1v) is 11.4. The minimum absolute atomic E-state index is 0.189. The van der Waals surface area contributed by atoms with Crippen LogP contribution in [-0.4, -0.2) is 36.1 Å². The Morgan fingerprint density at radius 2 is 1.79 bits per heavy atom. The number of anilines is 1. The summed E-state index contributed by atoms with van der Waals surface area (Å²) in [5.74, 6) is -1.03. The van der Waals surface area contributed by atoms with Crippen LogP contribution >= 0.6 is 11.8 Å². The van der Waals surface area contributed by atoms with Gasteiger partial charge in [0, 0.05) is 29.0 Å². The summed E-state index contributed by atoms with van der Waals surface area (Å²) in [6, 6.07) is 17.5. The highest BCUT2D eigenvalue weighted by atomic mass is 32.2. The maximum Gasteiger partial charge on any atom is 0.268 e. The minimum atomic E-state index is -1.29. The van der Waals surface area contributed by atoms with Crippen LogP contribution in [0.5, 0.6) is 5.75 Å². The van der Waals surface area contributed by atoms with Crippen molar-refractivity contribution in [3.05, 3.63) is 95.1 Å². The van der Waals surface area contributed by atoms with Crippen LogP contribution in [0.1, 0.15) is 21.5 Å². The summed E-state index contributed by atoms with van der Waals surface area (Å²) in [5, 5.41) is 0. The third-order valence-electron chi connectivity index (χ3n) is 6.04. The molecule has 1 saturated heterocycles. The van der Waals surface area contributed by atoms with E-state index in [1.54, 1.807) is 53.4 Å². The van der Waals surface area contributed by atoms with E-state index in [2.05, 4.69) is 0 Å². The number of benzene rings is 3. The average molecular weight is 467 g/mol. The fourth-order valence-corrected chi connectivity index (χ4v) is 5.94. The van der Waals surface area contributed by atoms with Crippen LogP contribution in [0.15, 0.2) is 66.7 Å². The molecule has 2 amide bonds. The van der Waals surface area contributed by atoms with Crippen molar-refractivity contribution >= 4 is 29.3 Å². The lowest BCUT2D eigenvalue weighted by Crippen LogP contribution is -2.50. The molecule has 0 bridgehead atoms. The second kappa shape index (κ2) is 8.19. The van der Waals surface area contributed by atoms with E-state index >= 15 is 0 Å². The molecule has 5 nitrogen and oxygen atoms in total. The van der Waals surface area contributed by atoms with E-state index in [0.717, 1.165) is 0 Å². The van der Waals surface area contributed by atoms with E-state index in [0.29, 0.717) is 34.9 Å². The Balaban J connectivity index is 1.58. The summed E-state index contributed by atoms with van der Waals surface area (Å²) in [6.07, 6.45) is 0. The van der Waals surface area contributed by atoms with Gasteiger partial charge in [-0.2, -0.15) is 0 Å². The monoisotopic (exact) mass is 466 g/mol. The van der Waals surface area contributed by atoms with Gasteiger partial charge in [-0.15, -0.1) is 11.8 Å². The Bertz CT molecular complexity index is 1250. The van der Waals surface area contributed by atoms with E-state index in [9.17, 15) is 18.4 Å². The zero-order valence-electron chi connectivity index (χ0n) is 17.8. The average Bonchev–Trinajstić information content (AvgIpc) is 3.38. The molecule has 33 heavy (non-hydrogen) atoms. The summed E-state index contributed by atoms with van der Waals surface area (Å²) in [4.78, 5) is 29.1. The normalized spacial score (nSPS) is 19.3. The molecule has 3 aromatic carbocycles. The SMILES string of the molecule is COc1cccc(C(=O)N2CCS[C@]23C(=O)N(Cc2c(F)cccc2F)c2ccccc23)c1. The van der Waals surface area contributed by atoms with Gasteiger partial charge in [-0.25, -0.2) is 8.78 Å². The van der Waals surface area contributed by atoms with Crippen LogP contribution < -0.4 is 9.64 Å². The van der Waals surface area contributed by atoms with Crippen molar-refractivity contribution in [2.45, 2.75) is 11.4 Å². The van der Waals surface area contributed by atoms with E-state index in [-0.39, 0.29) is 23.9 Å². The number of methoxy groups -OCH3 is 1. The van der Waals surface area contributed by atoms with Gasteiger partial charge in [0.05, 0.1) is 19.3 Å². The Labute approximate surface area is 193 Å². The molecule has 2 heterocycles. The molecule has 0 unspecified atom stereocenters. The Morgan fingerprint density at radius 3 is 2.55 bits per heavy atom. The second-order valence-electron chi connectivity index (χ2n) is 7.79. The molecule has 1 spiro atoms. The molecule has 0 N–H and O–H groups in total. The molecule has 3 aromatic rings. The lowest BCUT2D eigenvalue weighted by molar-refractivity contribution is -0.123. The first kappa shape index (κ1) is 21.5. The molecule has 0 saturated carbocycles. The van der Waals surface area contributed by atoms with Gasteiger partial charge >= 0.3 is 0 Å². The largest absolute Gasteiger partial charge is 0.497 e. The number of carbonyl (C=O) groups excluding carboxylic acids is 2. The topological polar surface area (TPSA) is 49.9 Å². The number of halogens is 2. The maximum absolute atomic E-state index is 14.4. The van der Waals surface area contributed by atoms with E-state index in [1.165, 1.54) is 42.0 Å². The van der Waals surface area contributed by atoms with Gasteiger partial charge < -0.3 is 14.5 Å². The van der Waals surface area contributed by atoms with Crippen molar-refractivity contribution in [1.82, 2.24) is 4.90 Å². The fourth-order valence-electron chi connectivity index (χ4n) is 4.48. The standard InChI is InChI=1S/C25H20F2N2O3S/c1-32-17-7-4-6-16(14-17)23(30)29-12-13-33-25(29)19-8-2-3-11-22(19)28(24(25)31)15-18-20(26)9-5-10-21(18)27/h2-11,14H,12-13,15H2,1H3/t25-/m1/s1. The molecule has 0 aromatic heterocycles. The predicted molar refractivity (Wildman–Crippen MR) is 122 cm³/mol. The maximum atomic E-state index is 14.4. The molecule has 1 fully saturated rings. The molecule has 168 valence electrons. The summed E-state index contributed by atoms with van der Waals surface area (Å²) in [6.45, 7) is 0.0978. The van der Waals surface area contributed by atoms with Crippen molar-refractivity contribution in [2.75, 3.05) is 24.3 Å². The first-order valence-electron chi connectivity index (χ1n) is 10.4. The number of ether oxygens (including phenoxy) is 1. The van der Waals surface area contributed by atoms with Crippen LogP contribution in [0.2, 0.25) is 0 Å². The number of hydrogen-bond donors (Lipinski definition) is 0. The van der Waals surface area contributed by atoms with Crippen LogP contribution in [0.4, 0.5) is 14.5 Å². The third-order valence-corrected chi connectivity index (χ3v) is 7.46. The molecule has 5 rings (SSSR count). The van der Waals surface area contributed by atoms with Crippen LogP contribution in [-0.2, 0) is 16.2 Å².